The van der Waals surface area contributed by atoms with E-state index in [9.17, 15) is 0 Å². The minimum atomic E-state index is 0.570. The Kier molecular flexibility index (Phi) is 11.4. The average Bonchev–Trinajstić information content (AvgIpc) is 2.69. The molecule has 0 aromatic heterocycles. The second kappa shape index (κ2) is 12.3. The lowest BCUT2D eigenvalue weighted by Gasteiger charge is -2.39. The van der Waals surface area contributed by atoms with Crippen LogP contribution in [0.25, 0.3) is 0 Å². The molecule has 0 saturated carbocycles. The highest BCUT2D eigenvalue weighted by Gasteiger charge is 2.33. The third-order valence-electron chi connectivity index (χ3n) is 10.6. The zero-order chi connectivity index (χ0) is 23.3. The van der Waals surface area contributed by atoms with Crippen LogP contribution in [0.15, 0.2) is 0 Å². The molecule has 1 heteroatoms. The van der Waals surface area contributed by atoms with Gasteiger partial charge in [-0.25, -0.2) is 0 Å². The Morgan fingerprint density at radius 1 is 0.333 bits per heavy atom. The van der Waals surface area contributed by atoms with Gasteiger partial charge in [0.15, 0.2) is 0 Å². The molecule has 0 bridgehead atoms. The maximum absolute atomic E-state index is 4.02. The van der Waals surface area contributed by atoms with Crippen molar-refractivity contribution >= 4 is 0 Å². The molecule has 0 aliphatic carbocycles. The predicted molar refractivity (Wildman–Crippen MR) is 137 cm³/mol. The molecule has 1 fully saturated rings. The summed E-state index contributed by atoms with van der Waals surface area (Å²) in [5.41, 5.74) is 0. The molecule has 1 aliphatic rings. The molecule has 0 aromatic carbocycles. The number of rotatable bonds is 0. The Balaban J connectivity index is 3.10. The van der Waals surface area contributed by atoms with Gasteiger partial charge in [-0.3, -0.25) is 0 Å². The normalized spacial score (nSPS) is 51.3. The summed E-state index contributed by atoms with van der Waals surface area (Å²) in [6.07, 6.45) is 4.13. The first-order chi connectivity index (χ1) is 13.8. The first-order valence-corrected chi connectivity index (χ1v) is 13.5. The lowest BCUT2D eigenvalue weighted by Crippen LogP contribution is -2.46. The van der Waals surface area contributed by atoms with Crippen molar-refractivity contribution in [2.75, 3.05) is 0 Å². The first-order valence-electron chi connectivity index (χ1n) is 13.5. The first kappa shape index (κ1) is 28.0. The van der Waals surface area contributed by atoms with E-state index < -0.39 is 0 Å². The van der Waals surface area contributed by atoms with Gasteiger partial charge < -0.3 is 5.32 Å². The molecule has 1 rings (SSSR count). The van der Waals surface area contributed by atoms with E-state index in [1.807, 2.05) is 0 Å². The van der Waals surface area contributed by atoms with E-state index in [1.54, 1.807) is 0 Å². The second-order valence-electron chi connectivity index (χ2n) is 12.6. The van der Waals surface area contributed by atoms with Crippen LogP contribution in [-0.2, 0) is 0 Å². The Morgan fingerprint density at radius 2 is 0.633 bits per heavy atom. The fraction of sp³-hybridized carbons (Fsp3) is 1.00. The van der Waals surface area contributed by atoms with E-state index in [2.05, 4.69) is 95.3 Å². The van der Waals surface area contributed by atoms with Crippen molar-refractivity contribution in [2.24, 2.45) is 65.1 Å². The molecule has 0 radical (unpaired) electrons. The Hall–Kier alpha value is -0.0400. The van der Waals surface area contributed by atoms with Gasteiger partial charge >= 0.3 is 0 Å². The Morgan fingerprint density at radius 3 is 1.07 bits per heavy atom. The lowest BCUT2D eigenvalue weighted by molar-refractivity contribution is 0.125. The van der Waals surface area contributed by atoms with Crippen LogP contribution in [0.3, 0.4) is 0 Å². The van der Waals surface area contributed by atoms with Crippen molar-refractivity contribution in [3.05, 3.63) is 0 Å². The van der Waals surface area contributed by atoms with E-state index in [0.717, 1.165) is 53.3 Å². The van der Waals surface area contributed by atoms with Gasteiger partial charge in [-0.05, 0) is 98.2 Å². The van der Waals surface area contributed by atoms with Crippen molar-refractivity contribution < 1.29 is 0 Å². The van der Waals surface area contributed by atoms with Gasteiger partial charge in [0.2, 0.25) is 0 Å². The van der Waals surface area contributed by atoms with Crippen LogP contribution >= 0.6 is 0 Å². The van der Waals surface area contributed by atoms with Crippen molar-refractivity contribution in [1.82, 2.24) is 5.32 Å². The summed E-state index contributed by atoms with van der Waals surface area (Å²) in [5, 5.41) is 4.02. The highest BCUT2D eigenvalue weighted by atomic mass is 15.0. The van der Waals surface area contributed by atoms with Gasteiger partial charge in [0.25, 0.3) is 0 Å². The molecule has 0 amide bonds. The number of nitrogens with one attached hydrogen (secondary N) is 1. The summed E-state index contributed by atoms with van der Waals surface area (Å²) in [7, 11) is 0. The fourth-order valence-corrected chi connectivity index (χ4v) is 6.26. The third kappa shape index (κ3) is 7.53. The van der Waals surface area contributed by atoms with Gasteiger partial charge in [0, 0.05) is 12.1 Å². The van der Waals surface area contributed by atoms with Crippen LogP contribution in [0.1, 0.15) is 109 Å². The molecule has 1 heterocycles. The van der Waals surface area contributed by atoms with E-state index in [-0.39, 0.29) is 0 Å². The SMILES string of the molecule is CC1CC(C)C(C)CC(C)C(C)C(C)C(C)C(C)C(C)NC(C)C(C)C(C)CC1C. The molecule has 1 nitrogen and oxygen atoms in total. The Bertz CT molecular complexity index is 473. The number of hydrogen-bond donors (Lipinski definition) is 1. The van der Waals surface area contributed by atoms with Gasteiger partial charge in [-0.1, -0.05) is 76.2 Å². The van der Waals surface area contributed by atoms with Crippen LogP contribution in [0.5, 0.6) is 0 Å². The molecule has 180 valence electrons. The maximum Gasteiger partial charge on any atom is 0.00695 e. The van der Waals surface area contributed by atoms with Crippen molar-refractivity contribution in [1.29, 1.82) is 0 Å². The lowest BCUT2D eigenvalue weighted by atomic mass is 9.69. The van der Waals surface area contributed by atoms with E-state index >= 15 is 0 Å². The molecule has 13 atom stereocenters. The third-order valence-corrected chi connectivity index (χ3v) is 10.6. The van der Waals surface area contributed by atoms with Crippen LogP contribution < -0.4 is 5.32 Å². The summed E-state index contributed by atoms with van der Waals surface area (Å²) < 4.78 is 0. The number of hydrogen-bond acceptors (Lipinski definition) is 1. The Labute approximate surface area is 192 Å². The van der Waals surface area contributed by atoms with Gasteiger partial charge in [-0.2, -0.15) is 0 Å². The standard InChI is InChI=1S/C29H59N/c1-17-14-18(2)20(4)16-22(6)24(8)28(12)30-29(13)27(11)26(10)25(9)23(7)21(5)15-19(17)3/h17-30H,14-16H2,1-13H3. The maximum atomic E-state index is 4.02. The molecule has 1 saturated heterocycles. The minimum Gasteiger partial charge on any atom is -0.311 e. The monoisotopic (exact) mass is 421 g/mol. The summed E-state index contributed by atoms with van der Waals surface area (Å²) in [6.45, 7) is 32.5. The average molecular weight is 422 g/mol. The summed E-state index contributed by atoms with van der Waals surface area (Å²) in [6, 6.07) is 1.15. The van der Waals surface area contributed by atoms with Crippen LogP contribution in [0, 0.1) is 65.1 Å². The largest absolute Gasteiger partial charge is 0.311 e. The molecule has 1 N–H and O–H groups in total. The summed E-state index contributed by atoms with van der Waals surface area (Å²) in [5.74, 6) is 8.57. The zero-order valence-corrected chi connectivity index (χ0v) is 23.1. The predicted octanol–water partition coefficient (Wildman–Crippen LogP) is 8.53. The van der Waals surface area contributed by atoms with Gasteiger partial charge in [-0.15, -0.1) is 0 Å². The van der Waals surface area contributed by atoms with Crippen molar-refractivity contribution in [2.45, 2.75) is 121 Å². The van der Waals surface area contributed by atoms with Crippen LogP contribution in [-0.4, -0.2) is 12.1 Å². The fourth-order valence-electron chi connectivity index (χ4n) is 6.26. The molecule has 30 heavy (non-hydrogen) atoms. The van der Waals surface area contributed by atoms with E-state index in [0.29, 0.717) is 23.9 Å². The highest BCUT2D eigenvalue weighted by molar-refractivity contribution is 4.85. The molecule has 0 aromatic rings. The second-order valence-corrected chi connectivity index (χ2v) is 12.6. The molecular formula is C29H59N. The smallest absolute Gasteiger partial charge is 0.00695 e. The zero-order valence-electron chi connectivity index (χ0n) is 23.1. The molecular weight excluding hydrogens is 362 g/mol. The topological polar surface area (TPSA) is 12.0 Å². The molecule has 1 aliphatic heterocycles. The van der Waals surface area contributed by atoms with Crippen LogP contribution in [0.2, 0.25) is 0 Å². The van der Waals surface area contributed by atoms with E-state index in [4.69, 9.17) is 0 Å². The summed E-state index contributed by atoms with van der Waals surface area (Å²) >= 11 is 0. The van der Waals surface area contributed by atoms with E-state index in [1.165, 1.54) is 19.3 Å². The van der Waals surface area contributed by atoms with Gasteiger partial charge in [0.05, 0.1) is 0 Å². The molecule has 13 unspecified atom stereocenters. The highest BCUT2D eigenvalue weighted by Crippen LogP contribution is 2.38. The van der Waals surface area contributed by atoms with Gasteiger partial charge in [0.1, 0.15) is 0 Å². The minimum absolute atomic E-state index is 0.570. The van der Waals surface area contributed by atoms with Crippen LogP contribution in [0.4, 0.5) is 0 Å². The quantitative estimate of drug-likeness (QED) is 0.413. The van der Waals surface area contributed by atoms with Crippen molar-refractivity contribution in [3.8, 4) is 0 Å². The van der Waals surface area contributed by atoms with Crippen molar-refractivity contribution in [3.63, 3.8) is 0 Å². The molecule has 0 spiro atoms. The summed E-state index contributed by atoms with van der Waals surface area (Å²) in [4.78, 5) is 0.